The average molecular weight is 328 g/mol. The highest BCUT2D eigenvalue weighted by atomic mass is 16.1. The van der Waals surface area contributed by atoms with E-state index in [2.05, 4.69) is 20.3 Å². The maximum Gasteiger partial charge on any atom is 0.251 e. The summed E-state index contributed by atoms with van der Waals surface area (Å²) in [7, 11) is 0. The Morgan fingerprint density at radius 1 is 0.960 bits per heavy atom. The lowest BCUT2D eigenvalue weighted by Crippen LogP contribution is -2.23. The molecule has 122 valence electrons. The molecule has 0 saturated carbocycles. The van der Waals surface area contributed by atoms with Gasteiger partial charge in [-0.1, -0.05) is 18.2 Å². The van der Waals surface area contributed by atoms with E-state index in [9.17, 15) is 4.79 Å². The van der Waals surface area contributed by atoms with E-state index >= 15 is 0 Å². The van der Waals surface area contributed by atoms with E-state index < -0.39 is 0 Å². The first kappa shape index (κ1) is 15.1. The number of nitrogens with one attached hydrogen (secondary N) is 2. The fraction of sp³-hybridized carbons (Fsp3) is 0.0500. The summed E-state index contributed by atoms with van der Waals surface area (Å²) in [5.41, 5.74) is 4.37. The van der Waals surface area contributed by atoms with Gasteiger partial charge in [0.2, 0.25) is 0 Å². The Kier molecular flexibility index (Phi) is 3.96. The second-order valence-corrected chi connectivity index (χ2v) is 5.68. The summed E-state index contributed by atoms with van der Waals surface area (Å²) in [5, 5.41) is 3.94. The largest absolute Gasteiger partial charge is 0.361 e. The molecule has 5 nitrogen and oxygen atoms in total. The van der Waals surface area contributed by atoms with Gasteiger partial charge in [-0.25, -0.2) is 0 Å². The van der Waals surface area contributed by atoms with Crippen molar-refractivity contribution in [2.75, 3.05) is 0 Å². The number of carbonyl (C=O) groups is 1. The summed E-state index contributed by atoms with van der Waals surface area (Å²) < 4.78 is 0. The molecule has 0 bridgehead atoms. The molecule has 1 amide bonds. The standard InChI is InChI=1S/C20H16N4O/c25-20(24-13-16-3-1-2-10-21-16)15-6-4-14(5-7-15)19-17-8-11-22-18(17)9-12-23-19/h1-12,22H,13H2,(H,24,25). The fourth-order valence-corrected chi connectivity index (χ4v) is 2.77. The van der Waals surface area contributed by atoms with Crippen LogP contribution in [0.1, 0.15) is 16.1 Å². The first-order valence-electron chi connectivity index (χ1n) is 8.02. The molecule has 0 atom stereocenters. The number of benzene rings is 1. The van der Waals surface area contributed by atoms with Crippen molar-refractivity contribution in [2.45, 2.75) is 6.54 Å². The molecule has 0 saturated heterocycles. The number of rotatable bonds is 4. The molecule has 25 heavy (non-hydrogen) atoms. The minimum atomic E-state index is -0.120. The topological polar surface area (TPSA) is 70.7 Å². The number of fused-ring (bicyclic) bond motifs is 1. The minimum Gasteiger partial charge on any atom is -0.361 e. The number of carbonyl (C=O) groups excluding carboxylic acids is 1. The molecule has 0 unspecified atom stereocenters. The van der Waals surface area contributed by atoms with E-state index in [1.165, 1.54) is 0 Å². The monoisotopic (exact) mass is 328 g/mol. The number of H-pyrrole nitrogens is 1. The van der Waals surface area contributed by atoms with Gasteiger partial charge in [0.1, 0.15) is 0 Å². The van der Waals surface area contributed by atoms with Crippen molar-refractivity contribution in [2.24, 2.45) is 0 Å². The molecule has 0 aliphatic rings. The van der Waals surface area contributed by atoms with E-state index in [0.29, 0.717) is 12.1 Å². The van der Waals surface area contributed by atoms with Crippen LogP contribution in [-0.2, 0) is 6.54 Å². The highest BCUT2D eigenvalue weighted by molar-refractivity contribution is 5.96. The first-order chi connectivity index (χ1) is 12.3. The van der Waals surface area contributed by atoms with Crippen molar-refractivity contribution in [1.29, 1.82) is 0 Å². The van der Waals surface area contributed by atoms with Crippen LogP contribution >= 0.6 is 0 Å². The molecule has 5 heteroatoms. The number of hydrogen-bond donors (Lipinski definition) is 2. The van der Waals surface area contributed by atoms with E-state index in [1.807, 2.05) is 60.8 Å². The van der Waals surface area contributed by atoms with Crippen LogP contribution < -0.4 is 5.32 Å². The van der Waals surface area contributed by atoms with Crippen molar-refractivity contribution in [3.63, 3.8) is 0 Å². The molecule has 3 heterocycles. The zero-order valence-electron chi connectivity index (χ0n) is 13.4. The maximum absolute atomic E-state index is 12.3. The van der Waals surface area contributed by atoms with Gasteiger partial charge < -0.3 is 10.3 Å². The van der Waals surface area contributed by atoms with Gasteiger partial charge in [-0.05, 0) is 36.4 Å². The minimum absolute atomic E-state index is 0.120. The number of amides is 1. The van der Waals surface area contributed by atoms with Crippen LogP contribution in [0.25, 0.3) is 22.2 Å². The van der Waals surface area contributed by atoms with Gasteiger partial charge in [0.05, 0.1) is 17.9 Å². The Morgan fingerprint density at radius 2 is 1.84 bits per heavy atom. The number of nitrogens with zero attached hydrogens (tertiary/aromatic N) is 2. The van der Waals surface area contributed by atoms with E-state index in [1.54, 1.807) is 12.4 Å². The normalized spacial score (nSPS) is 10.7. The second kappa shape index (κ2) is 6.57. The Hall–Kier alpha value is -3.47. The van der Waals surface area contributed by atoms with Gasteiger partial charge in [0.15, 0.2) is 0 Å². The fourth-order valence-electron chi connectivity index (χ4n) is 2.77. The molecular formula is C20H16N4O. The molecule has 0 radical (unpaired) electrons. The Morgan fingerprint density at radius 3 is 2.64 bits per heavy atom. The van der Waals surface area contributed by atoms with Crippen molar-refractivity contribution < 1.29 is 4.79 Å². The predicted molar refractivity (Wildman–Crippen MR) is 96.9 cm³/mol. The van der Waals surface area contributed by atoms with Gasteiger partial charge in [-0.3, -0.25) is 14.8 Å². The number of hydrogen-bond acceptors (Lipinski definition) is 3. The van der Waals surface area contributed by atoms with Gasteiger partial charge >= 0.3 is 0 Å². The highest BCUT2D eigenvalue weighted by Gasteiger charge is 2.09. The summed E-state index contributed by atoms with van der Waals surface area (Å²) in [6.07, 6.45) is 5.39. The molecule has 3 aromatic heterocycles. The van der Waals surface area contributed by atoms with Crippen LogP contribution in [0.3, 0.4) is 0 Å². The molecule has 0 spiro atoms. The van der Waals surface area contributed by atoms with E-state index in [0.717, 1.165) is 27.9 Å². The molecule has 0 aliphatic heterocycles. The van der Waals surface area contributed by atoms with Crippen molar-refractivity contribution >= 4 is 16.8 Å². The van der Waals surface area contributed by atoms with Crippen LogP contribution in [0.2, 0.25) is 0 Å². The van der Waals surface area contributed by atoms with Gasteiger partial charge in [0, 0.05) is 40.6 Å². The SMILES string of the molecule is O=C(NCc1ccccn1)c1ccc(-c2nccc3[nH]ccc23)cc1. The summed E-state index contributed by atoms with van der Waals surface area (Å²) in [5.74, 6) is -0.120. The molecule has 1 aromatic carbocycles. The van der Waals surface area contributed by atoms with Crippen LogP contribution in [0, 0.1) is 0 Å². The highest BCUT2D eigenvalue weighted by Crippen LogP contribution is 2.25. The van der Waals surface area contributed by atoms with Gasteiger partial charge in [-0.15, -0.1) is 0 Å². The van der Waals surface area contributed by atoms with E-state index in [4.69, 9.17) is 0 Å². The maximum atomic E-state index is 12.3. The lowest BCUT2D eigenvalue weighted by Gasteiger charge is -2.07. The van der Waals surface area contributed by atoms with Crippen LogP contribution in [0.15, 0.2) is 73.2 Å². The van der Waals surface area contributed by atoms with Crippen LogP contribution in [0.4, 0.5) is 0 Å². The molecule has 4 rings (SSSR count). The molecular weight excluding hydrogens is 312 g/mol. The Bertz CT molecular complexity index is 1010. The molecule has 2 N–H and O–H groups in total. The number of aromatic nitrogens is 3. The third kappa shape index (κ3) is 3.12. The molecule has 4 aromatic rings. The lowest BCUT2D eigenvalue weighted by molar-refractivity contribution is 0.0950. The average Bonchev–Trinajstić information content (AvgIpc) is 3.16. The molecule has 0 fully saturated rings. The van der Waals surface area contributed by atoms with E-state index in [-0.39, 0.29) is 5.91 Å². The zero-order chi connectivity index (χ0) is 17.1. The third-order valence-corrected chi connectivity index (χ3v) is 4.06. The first-order valence-corrected chi connectivity index (χ1v) is 8.02. The van der Waals surface area contributed by atoms with Crippen molar-refractivity contribution in [3.05, 3.63) is 84.4 Å². The second-order valence-electron chi connectivity index (χ2n) is 5.68. The predicted octanol–water partition coefficient (Wildman–Crippen LogP) is 3.55. The van der Waals surface area contributed by atoms with Gasteiger partial charge in [0.25, 0.3) is 5.91 Å². The summed E-state index contributed by atoms with van der Waals surface area (Å²) in [6, 6.07) is 17.1. The van der Waals surface area contributed by atoms with Crippen molar-refractivity contribution in [3.8, 4) is 11.3 Å². The smallest absolute Gasteiger partial charge is 0.251 e. The Labute approximate surface area is 144 Å². The summed E-state index contributed by atoms with van der Waals surface area (Å²) in [6.45, 7) is 0.408. The third-order valence-electron chi connectivity index (χ3n) is 4.06. The van der Waals surface area contributed by atoms with Crippen molar-refractivity contribution in [1.82, 2.24) is 20.3 Å². The number of pyridine rings is 2. The zero-order valence-corrected chi connectivity index (χ0v) is 13.4. The lowest BCUT2D eigenvalue weighted by atomic mass is 10.1. The van der Waals surface area contributed by atoms with Crippen LogP contribution in [0.5, 0.6) is 0 Å². The quantitative estimate of drug-likeness (QED) is 0.602. The van der Waals surface area contributed by atoms with Crippen LogP contribution in [-0.4, -0.2) is 20.9 Å². The Balaban J connectivity index is 1.52. The molecule has 0 aliphatic carbocycles. The summed E-state index contributed by atoms with van der Waals surface area (Å²) in [4.78, 5) is 24.1. The summed E-state index contributed by atoms with van der Waals surface area (Å²) >= 11 is 0. The number of aromatic amines is 1. The van der Waals surface area contributed by atoms with Gasteiger partial charge in [-0.2, -0.15) is 0 Å².